The number of aryl methyl sites for hydroxylation is 1. The minimum absolute atomic E-state index is 0.0277. The summed E-state index contributed by atoms with van der Waals surface area (Å²) in [6.07, 6.45) is 0. The van der Waals surface area contributed by atoms with Crippen LogP contribution in [0.25, 0.3) is 0 Å². The van der Waals surface area contributed by atoms with Gasteiger partial charge < -0.3 is 9.64 Å². The topological polar surface area (TPSA) is 139 Å². The van der Waals surface area contributed by atoms with Gasteiger partial charge in [-0.15, -0.1) is 0 Å². The third-order valence-electron chi connectivity index (χ3n) is 4.79. The number of hydrogen-bond acceptors (Lipinski definition) is 9. The summed E-state index contributed by atoms with van der Waals surface area (Å²) in [5, 5.41) is 19.4. The highest BCUT2D eigenvalue weighted by Gasteiger charge is 2.42. The van der Waals surface area contributed by atoms with E-state index in [0.717, 1.165) is 0 Å². The zero-order valence-corrected chi connectivity index (χ0v) is 18.2. The van der Waals surface area contributed by atoms with Gasteiger partial charge in [0, 0.05) is 13.1 Å². The predicted octanol–water partition coefficient (Wildman–Crippen LogP) is 2.63. The number of rotatable bonds is 5. The van der Waals surface area contributed by atoms with Crippen molar-refractivity contribution in [3.63, 3.8) is 0 Å². The van der Waals surface area contributed by atoms with Gasteiger partial charge >= 0.3 is 5.69 Å². The molecule has 1 atom stereocenters. The number of nitrogens with zero attached hydrogens (tertiary/aromatic N) is 5. The number of anilines is 1. The molecular formula is C19H19F2N5O5S. The summed E-state index contributed by atoms with van der Waals surface area (Å²) in [5.74, 6) is -2.55. The van der Waals surface area contributed by atoms with Gasteiger partial charge in [-0.25, -0.2) is 27.2 Å². The number of morpholine rings is 1. The Kier molecular flexibility index (Phi) is 6.12. The molecule has 0 saturated carbocycles. The summed E-state index contributed by atoms with van der Waals surface area (Å²) in [5.41, 5.74) is -2.18. The summed E-state index contributed by atoms with van der Waals surface area (Å²) in [7, 11) is -4.91. The lowest BCUT2D eigenvalue weighted by Gasteiger charge is -2.38. The van der Waals surface area contributed by atoms with Crippen molar-refractivity contribution in [2.45, 2.75) is 36.5 Å². The molecule has 0 radical (unpaired) electrons. The summed E-state index contributed by atoms with van der Waals surface area (Å²) >= 11 is 0. The zero-order valence-electron chi connectivity index (χ0n) is 17.4. The van der Waals surface area contributed by atoms with Gasteiger partial charge in [-0.1, -0.05) is 0 Å². The molecule has 13 heteroatoms. The van der Waals surface area contributed by atoms with E-state index >= 15 is 0 Å². The smallest absolute Gasteiger partial charge is 0.335 e. The molecule has 170 valence electrons. The van der Waals surface area contributed by atoms with E-state index in [4.69, 9.17) is 4.74 Å². The second-order valence-corrected chi connectivity index (χ2v) is 9.75. The Morgan fingerprint density at radius 1 is 1.34 bits per heavy atom. The number of nitriles is 1. The van der Waals surface area contributed by atoms with Crippen molar-refractivity contribution in [1.82, 2.24) is 9.97 Å². The lowest BCUT2D eigenvalue weighted by Crippen LogP contribution is -2.49. The first kappa shape index (κ1) is 23.4. The molecule has 0 N–H and O–H groups in total. The van der Waals surface area contributed by atoms with Crippen LogP contribution in [-0.2, 0) is 14.6 Å². The van der Waals surface area contributed by atoms with Crippen molar-refractivity contribution >= 4 is 21.3 Å². The monoisotopic (exact) mass is 467 g/mol. The summed E-state index contributed by atoms with van der Waals surface area (Å²) < 4.78 is 59.6. The van der Waals surface area contributed by atoms with Gasteiger partial charge in [0.1, 0.15) is 22.4 Å². The van der Waals surface area contributed by atoms with Gasteiger partial charge in [-0.3, -0.25) is 10.1 Å². The van der Waals surface area contributed by atoms with E-state index in [1.54, 1.807) is 18.7 Å². The maximum absolute atomic E-state index is 14.2. The molecular weight excluding hydrogens is 448 g/mol. The van der Waals surface area contributed by atoms with Crippen LogP contribution < -0.4 is 4.90 Å². The summed E-state index contributed by atoms with van der Waals surface area (Å²) in [6, 6.07) is 3.18. The Balaban J connectivity index is 2.24. The van der Waals surface area contributed by atoms with E-state index in [1.165, 1.54) is 13.0 Å². The molecule has 32 heavy (non-hydrogen) atoms. The molecule has 1 fully saturated rings. The number of sulfone groups is 1. The number of hydrogen-bond donors (Lipinski definition) is 0. The zero-order chi connectivity index (χ0) is 23.8. The standard InChI is InChI=1S/C19H19F2N5O5S/c1-11-23-16(15(9-22)32(29,30)14-8-12(20)4-5-13(14)21)17(26(27)28)18(24-11)25-6-7-31-19(2,3)10-25/h4-5,8,15H,6-7,10H2,1-3H3. The van der Waals surface area contributed by atoms with Crippen LogP contribution in [0.15, 0.2) is 23.1 Å². The minimum Gasteiger partial charge on any atom is -0.372 e. The van der Waals surface area contributed by atoms with Crippen molar-refractivity contribution in [2.24, 2.45) is 0 Å². The van der Waals surface area contributed by atoms with Gasteiger partial charge in [-0.05, 0) is 39.0 Å². The molecule has 2 aromatic rings. The van der Waals surface area contributed by atoms with Crippen LogP contribution in [0.1, 0.15) is 30.6 Å². The Morgan fingerprint density at radius 3 is 2.62 bits per heavy atom. The van der Waals surface area contributed by atoms with Gasteiger partial charge in [0.25, 0.3) is 0 Å². The molecule has 0 amide bonds. The molecule has 2 heterocycles. The Bertz CT molecular complexity index is 1230. The van der Waals surface area contributed by atoms with Crippen molar-refractivity contribution in [2.75, 3.05) is 24.6 Å². The van der Waals surface area contributed by atoms with Crippen molar-refractivity contribution < 1.29 is 26.9 Å². The first-order valence-corrected chi connectivity index (χ1v) is 10.9. The molecule has 0 bridgehead atoms. The average molecular weight is 467 g/mol. The molecule has 0 aliphatic carbocycles. The molecule has 3 rings (SSSR count). The van der Waals surface area contributed by atoms with E-state index < -0.39 is 53.5 Å². The van der Waals surface area contributed by atoms with Crippen LogP contribution in [0.4, 0.5) is 20.3 Å². The Hall–Kier alpha value is -3.24. The van der Waals surface area contributed by atoms with Crippen molar-refractivity contribution in [1.29, 1.82) is 5.26 Å². The van der Waals surface area contributed by atoms with Crippen molar-refractivity contribution in [3.8, 4) is 6.07 Å². The van der Waals surface area contributed by atoms with E-state index in [0.29, 0.717) is 18.2 Å². The molecule has 1 saturated heterocycles. The molecule has 1 aromatic carbocycles. The van der Waals surface area contributed by atoms with E-state index in [-0.39, 0.29) is 31.3 Å². The fraction of sp³-hybridized carbons (Fsp3) is 0.421. The fourth-order valence-electron chi connectivity index (χ4n) is 3.45. The second-order valence-electron chi connectivity index (χ2n) is 7.74. The van der Waals surface area contributed by atoms with Gasteiger partial charge in [0.2, 0.25) is 20.9 Å². The van der Waals surface area contributed by atoms with Crippen LogP contribution in [0.2, 0.25) is 0 Å². The Morgan fingerprint density at radius 2 is 2.03 bits per heavy atom. The minimum atomic E-state index is -4.91. The molecule has 1 unspecified atom stereocenters. The van der Waals surface area contributed by atoms with Gasteiger partial charge in [0.05, 0.1) is 23.2 Å². The van der Waals surface area contributed by atoms with Crippen LogP contribution >= 0.6 is 0 Å². The molecule has 10 nitrogen and oxygen atoms in total. The maximum atomic E-state index is 14.2. The van der Waals surface area contributed by atoms with Crippen molar-refractivity contribution in [3.05, 3.63) is 51.5 Å². The van der Waals surface area contributed by atoms with E-state index in [1.807, 2.05) is 0 Å². The van der Waals surface area contributed by atoms with Crippen LogP contribution in [0, 0.1) is 40.0 Å². The molecule has 1 aliphatic heterocycles. The molecule has 1 aromatic heterocycles. The third-order valence-corrected chi connectivity index (χ3v) is 6.66. The first-order valence-electron chi connectivity index (χ1n) is 9.38. The highest BCUT2D eigenvalue weighted by atomic mass is 32.2. The van der Waals surface area contributed by atoms with Gasteiger partial charge in [-0.2, -0.15) is 5.26 Å². The molecule has 1 aliphatic rings. The number of halogens is 2. The lowest BCUT2D eigenvalue weighted by molar-refractivity contribution is -0.385. The number of benzene rings is 1. The van der Waals surface area contributed by atoms with Crippen LogP contribution in [0.5, 0.6) is 0 Å². The van der Waals surface area contributed by atoms with Crippen LogP contribution in [0.3, 0.4) is 0 Å². The maximum Gasteiger partial charge on any atom is 0.335 e. The first-order chi connectivity index (χ1) is 14.9. The lowest BCUT2D eigenvalue weighted by atomic mass is 10.1. The number of ether oxygens (including phenoxy) is 1. The van der Waals surface area contributed by atoms with E-state index in [2.05, 4.69) is 9.97 Å². The van der Waals surface area contributed by atoms with Crippen LogP contribution in [-0.4, -0.2) is 48.6 Å². The Labute approximate surface area is 182 Å². The van der Waals surface area contributed by atoms with E-state index in [9.17, 15) is 32.6 Å². The largest absolute Gasteiger partial charge is 0.372 e. The highest BCUT2D eigenvalue weighted by molar-refractivity contribution is 7.92. The highest BCUT2D eigenvalue weighted by Crippen LogP contribution is 2.39. The quantitative estimate of drug-likeness (QED) is 0.479. The SMILES string of the molecule is Cc1nc(C(C#N)S(=O)(=O)c2cc(F)ccc2F)c([N+](=O)[O-])c(N2CCOC(C)(C)C2)n1. The normalized spacial score (nSPS) is 16.9. The number of aromatic nitrogens is 2. The third kappa shape index (κ3) is 4.37. The molecule has 0 spiro atoms. The summed E-state index contributed by atoms with van der Waals surface area (Å²) in [6.45, 7) is 5.59. The van der Waals surface area contributed by atoms with Gasteiger partial charge in [0.15, 0.2) is 5.69 Å². The number of nitro groups is 1. The summed E-state index contributed by atoms with van der Waals surface area (Å²) in [4.78, 5) is 19.6. The average Bonchev–Trinajstić information content (AvgIpc) is 2.68. The fourth-order valence-corrected chi connectivity index (χ4v) is 4.92. The second kappa shape index (κ2) is 8.36. The predicted molar refractivity (Wildman–Crippen MR) is 108 cm³/mol.